The fourth-order valence-electron chi connectivity index (χ4n) is 1.90. The normalized spacial score (nSPS) is 12.7. The summed E-state index contributed by atoms with van der Waals surface area (Å²) in [6.07, 6.45) is 0.245. The highest BCUT2D eigenvalue weighted by molar-refractivity contribution is 5.31. The fourth-order valence-corrected chi connectivity index (χ4v) is 1.90. The summed E-state index contributed by atoms with van der Waals surface area (Å²) in [6, 6.07) is 11.2. The van der Waals surface area contributed by atoms with Gasteiger partial charge < -0.3 is 14.3 Å². The maximum absolute atomic E-state index is 10.2. The van der Waals surface area contributed by atoms with Gasteiger partial charge in [0.1, 0.15) is 23.4 Å². The SMILES string of the molecule is CCc1ccc(C(O)c2ccc(OC(C)C)cc2)o1. The third kappa shape index (κ3) is 3.38. The van der Waals surface area contributed by atoms with Crippen molar-refractivity contribution in [2.75, 3.05) is 0 Å². The Kier molecular flexibility index (Phi) is 4.27. The molecule has 1 N–H and O–H groups in total. The number of hydrogen-bond acceptors (Lipinski definition) is 3. The maximum atomic E-state index is 10.2. The topological polar surface area (TPSA) is 42.6 Å². The van der Waals surface area contributed by atoms with Gasteiger partial charge in [-0.2, -0.15) is 0 Å². The molecule has 3 nitrogen and oxygen atoms in total. The van der Waals surface area contributed by atoms with Gasteiger partial charge in [-0.15, -0.1) is 0 Å². The van der Waals surface area contributed by atoms with Crippen molar-refractivity contribution in [2.45, 2.75) is 39.4 Å². The lowest BCUT2D eigenvalue weighted by molar-refractivity contribution is 0.186. The van der Waals surface area contributed by atoms with Crippen LogP contribution in [0.15, 0.2) is 40.8 Å². The van der Waals surface area contributed by atoms with Crippen molar-refractivity contribution in [3.05, 3.63) is 53.5 Å². The molecule has 1 aromatic heterocycles. The average molecular weight is 260 g/mol. The number of ether oxygens (including phenoxy) is 1. The molecule has 2 rings (SSSR count). The number of aryl methyl sites for hydroxylation is 1. The van der Waals surface area contributed by atoms with E-state index in [1.165, 1.54) is 0 Å². The van der Waals surface area contributed by atoms with Crippen LogP contribution in [-0.2, 0) is 6.42 Å². The summed E-state index contributed by atoms with van der Waals surface area (Å²) in [6.45, 7) is 5.99. The molecule has 0 aliphatic heterocycles. The number of furan rings is 1. The Hall–Kier alpha value is -1.74. The number of aliphatic hydroxyl groups excluding tert-OH is 1. The van der Waals surface area contributed by atoms with Gasteiger partial charge in [0.25, 0.3) is 0 Å². The Morgan fingerprint density at radius 2 is 1.79 bits per heavy atom. The van der Waals surface area contributed by atoms with Crippen molar-refractivity contribution in [3.8, 4) is 5.75 Å². The first-order valence-corrected chi connectivity index (χ1v) is 6.63. The molecule has 0 radical (unpaired) electrons. The lowest BCUT2D eigenvalue weighted by atomic mass is 10.1. The Balaban J connectivity index is 2.12. The molecule has 0 saturated heterocycles. The molecule has 3 heteroatoms. The van der Waals surface area contributed by atoms with Crippen molar-refractivity contribution in [1.82, 2.24) is 0 Å². The molecule has 19 heavy (non-hydrogen) atoms. The van der Waals surface area contributed by atoms with Crippen molar-refractivity contribution < 1.29 is 14.3 Å². The van der Waals surface area contributed by atoms with Crippen LogP contribution in [0.1, 0.15) is 44.0 Å². The van der Waals surface area contributed by atoms with E-state index in [0.717, 1.165) is 23.5 Å². The predicted octanol–water partition coefficient (Wildman–Crippen LogP) is 3.71. The minimum Gasteiger partial charge on any atom is -0.491 e. The summed E-state index contributed by atoms with van der Waals surface area (Å²) in [5.41, 5.74) is 0.799. The van der Waals surface area contributed by atoms with E-state index in [9.17, 15) is 5.11 Å². The molecule has 2 aromatic rings. The van der Waals surface area contributed by atoms with Crippen LogP contribution in [0.4, 0.5) is 0 Å². The predicted molar refractivity (Wildman–Crippen MR) is 74.4 cm³/mol. The lowest BCUT2D eigenvalue weighted by Gasteiger charge is -2.12. The van der Waals surface area contributed by atoms with Gasteiger partial charge in [0.15, 0.2) is 0 Å². The van der Waals surface area contributed by atoms with Gasteiger partial charge in [-0.3, -0.25) is 0 Å². The van der Waals surface area contributed by atoms with Crippen LogP contribution in [0.2, 0.25) is 0 Å². The quantitative estimate of drug-likeness (QED) is 0.891. The smallest absolute Gasteiger partial charge is 0.137 e. The molecular weight excluding hydrogens is 240 g/mol. The van der Waals surface area contributed by atoms with E-state index >= 15 is 0 Å². The highest BCUT2D eigenvalue weighted by Crippen LogP contribution is 2.25. The number of hydrogen-bond donors (Lipinski definition) is 1. The largest absolute Gasteiger partial charge is 0.491 e. The summed E-state index contributed by atoms with van der Waals surface area (Å²) in [4.78, 5) is 0. The van der Waals surface area contributed by atoms with Crippen LogP contribution < -0.4 is 4.74 Å². The van der Waals surface area contributed by atoms with E-state index in [1.807, 2.05) is 57.2 Å². The van der Waals surface area contributed by atoms with E-state index in [-0.39, 0.29) is 6.10 Å². The third-order valence-electron chi connectivity index (χ3n) is 2.87. The first kappa shape index (κ1) is 13.7. The van der Waals surface area contributed by atoms with E-state index in [0.29, 0.717) is 5.76 Å². The van der Waals surface area contributed by atoms with E-state index in [4.69, 9.17) is 9.15 Å². The molecule has 102 valence electrons. The average Bonchev–Trinajstić information content (AvgIpc) is 2.87. The van der Waals surface area contributed by atoms with Crippen molar-refractivity contribution in [1.29, 1.82) is 0 Å². The molecule has 1 atom stereocenters. The van der Waals surface area contributed by atoms with Gasteiger partial charge in [0.05, 0.1) is 6.10 Å². The van der Waals surface area contributed by atoms with Gasteiger partial charge in [-0.25, -0.2) is 0 Å². The van der Waals surface area contributed by atoms with E-state index < -0.39 is 6.10 Å². The summed E-state index contributed by atoms with van der Waals surface area (Å²) in [5.74, 6) is 2.27. The van der Waals surface area contributed by atoms with Crippen LogP contribution in [-0.4, -0.2) is 11.2 Å². The molecule has 1 aromatic carbocycles. The first-order valence-electron chi connectivity index (χ1n) is 6.63. The van der Waals surface area contributed by atoms with Gasteiger partial charge in [0.2, 0.25) is 0 Å². The lowest BCUT2D eigenvalue weighted by Crippen LogP contribution is -2.05. The molecule has 0 bridgehead atoms. The Bertz CT molecular complexity index is 511. The van der Waals surface area contributed by atoms with E-state index in [2.05, 4.69) is 0 Å². The zero-order chi connectivity index (χ0) is 13.8. The Labute approximate surface area is 113 Å². The zero-order valence-corrected chi connectivity index (χ0v) is 11.6. The molecular formula is C16H20O3. The Morgan fingerprint density at radius 3 is 2.32 bits per heavy atom. The van der Waals surface area contributed by atoms with Crippen molar-refractivity contribution in [3.63, 3.8) is 0 Å². The second kappa shape index (κ2) is 5.93. The molecule has 0 spiro atoms. The van der Waals surface area contributed by atoms with Gasteiger partial charge in [0, 0.05) is 6.42 Å². The van der Waals surface area contributed by atoms with Crippen LogP contribution in [0.3, 0.4) is 0 Å². The van der Waals surface area contributed by atoms with Crippen LogP contribution in [0.25, 0.3) is 0 Å². The number of rotatable bonds is 5. The van der Waals surface area contributed by atoms with Crippen LogP contribution in [0.5, 0.6) is 5.75 Å². The van der Waals surface area contributed by atoms with Crippen molar-refractivity contribution in [2.24, 2.45) is 0 Å². The van der Waals surface area contributed by atoms with Gasteiger partial charge >= 0.3 is 0 Å². The molecule has 0 fully saturated rings. The molecule has 0 aliphatic carbocycles. The van der Waals surface area contributed by atoms with Crippen LogP contribution >= 0.6 is 0 Å². The highest BCUT2D eigenvalue weighted by Gasteiger charge is 2.14. The number of benzene rings is 1. The minimum absolute atomic E-state index is 0.146. The summed E-state index contributed by atoms with van der Waals surface area (Å²) in [5, 5.41) is 10.2. The number of aliphatic hydroxyl groups is 1. The standard InChI is InChI=1S/C16H20O3/c1-4-13-9-10-15(19-13)16(17)12-5-7-14(8-6-12)18-11(2)3/h5-11,16-17H,4H2,1-3H3. The molecule has 0 amide bonds. The third-order valence-corrected chi connectivity index (χ3v) is 2.87. The van der Waals surface area contributed by atoms with Gasteiger partial charge in [-0.1, -0.05) is 19.1 Å². The minimum atomic E-state index is -0.728. The summed E-state index contributed by atoms with van der Waals surface area (Å²) in [7, 11) is 0. The summed E-state index contributed by atoms with van der Waals surface area (Å²) >= 11 is 0. The fraction of sp³-hybridized carbons (Fsp3) is 0.375. The Morgan fingerprint density at radius 1 is 1.11 bits per heavy atom. The maximum Gasteiger partial charge on any atom is 0.137 e. The first-order chi connectivity index (χ1) is 9.10. The van der Waals surface area contributed by atoms with Crippen molar-refractivity contribution >= 4 is 0 Å². The summed E-state index contributed by atoms with van der Waals surface area (Å²) < 4.78 is 11.1. The van der Waals surface area contributed by atoms with Gasteiger partial charge in [-0.05, 0) is 43.7 Å². The van der Waals surface area contributed by atoms with E-state index in [1.54, 1.807) is 0 Å². The molecule has 1 heterocycles. The second-order valence-electron chi connectivity index (χ2n) is 4.80. The van der Waals surface area contributed by atoms with Crippen LogP contribution in [0, 0.1) is 0 Å². The monoisotopic (exact) mass is 260 g/mol. The molecule has 1 unspecified atom stereocenters. The zero-order valence-electron chi connectivity index (χ0n) is 11.6. The highest BCUT2D eigenvalue weighted by atomic mass is 16.5. The second-order valence-corrected chi connectivity index (χ2v) is 4.80. The molecule has 0 aliphatic rings. The molecule has 0 saturated carbocycles.